The van der Waals surface area contributed by atoms with E-state index in [1.54, 1.807) is 4.90 Å². The number of aromatic nitrogens is 1. The molecule has 0 bridgehead atoms. The Morgan fingerprint density at radius 2 is 1.97 bits per heavy atom. The Hall–Kier alpha value is -3.41. The maximum atomic E-state index is 12.9. The fourth-order valence-corrected chi connectivity index (χ4v) is 4.26. The van der Waals surface area contributed by atoms with Gasteiger partial charge in [-0.05, 0) is 62.4 Å². The second-order valence-electron chi connectivity index (χ2n) is 8.16. The number of rotatable bonds is 6. The van der Waals surface area contributed by atoms with Crippen LogP contribution in [0.4, 0.5) is 11.4 Å². The van der Waals surface area contributed by atoms with E-state index < -0.39 is 6.04 Å². The molecule has 1 fully saturated rings. The summed E-state index contributed by atoms with van der Waals surface area (Å²) < 4.78 is 0. The molecule has 0 unspecified atom stereocenters. The number of pyridine rings is 1. The number of carbonyl (C=O) groups excluding carboxylic acids is 2. The summed E-state index contributed by atoms with van der Waals surface area (Å²) in [6, 6.07) is 17.1. The smallest absolute Gasteiger partial charge is 0.247 e. The van der Waals surface area contributed by atoms with Gasteiger partial charge in [0.1, 0.15) is 6.04 Å². The van der Waals surface area contributed by atoms with E-state index in [2.05, 4.69) is 22.4 Å². The number of nitrogen functional groups attached to an aromatic ring is 1. The summed E-state index contributed by atoms with van der Waals surface area (Å²) in [4.78, 5) is 31.9. The molecule has 1 atom stereocenters. The number of hydrogen-bond acceptors (Lipinski definition) is 4. The van der Waals surface area contributed by atoms with Crippen molar-refractivity contribution in [2.45, 2.75) is 45.1 Å². The van der Waals surface area contributed by atoms with Gasteiger partial charge in [0.25, 0.3) is 0 Å². The molecule has 1 aromatic heterocycles. The van der Waals surface area contributed by atoms with E-state index in [0.717, 1.165) is 35.9 Å². The first kappa shape index (κ1) is 20.8. The van der Waals surface area contributed by atoms with Crippen LogP contribution in [0, 0.1) is 6.92 Å². The van der Waals surface area contributed by atoms with Gasteiger partial charge < -0.3 is 16.0 Å². The van der Waals surface area contributed by atoms with Gasteiger partial charge in [-0.2, -0.15) is 0 Å². The van der Waals surface area contributed by atoms with E-state index >= 15 is 0 Å². The van der Waals surface area contributed by atoms with Gasteiger partial charge in [-0.1, -0.05) is 30.3 Å². The number of nitrogens with zero attached hydrogens (tertiary/aromatic N) is 2. The minimum Gasteiger partial charge on any atom is -0.398 e. The van der Waals surface area contributed by atoms with Crippen LogP contribution in [0.3, 0.4) is 0 Å². The minimum atomic E-state index is -0.423. The highest BCUT2D eigenvalue weighted by atomic mass is 16.2. The van der Waals surface area contributed by atoms with Gasteiger partial charge >= 0.3 is 0 Å². The first-order valence-corrected chi connectivity index (χ1v) is 10.8. The zero-order valence-electron chi connectivity index (χ0n) is 17.8. The van der Waals surface area contributed by atoms with Crippen LogP contribution < -0.4 is 11.1 Å². The highest BCUT2D eigenvalue weighted by Crippen LogP contribution is 2.26. The quantitative estimate of drug-likeness (QED) is 0.634. The third-order valence-corrected chi connectivity index (χ3v) is 5.81. The van der Waals surface area contributed by atoms with Crippen molar-refractivity contribution in [3.8, 4) is 0 Å². The molecule has 0 saturated carbocycles. The number of carbonyl (C=O) groups is 2. The van der Waals surface area contributed by atoms with Crippen LogP contribution in [-0.2, 0) is 16.0 Å². The van der Waals surface area contributed by atoms with E-state index in [1.165, 1.54) is 5.56 Å². The standard InChI is InChI=1S/C25H28N4O2/c1-17-15-21(26)20-16-19(12-13-22(20)27-17)28-25(31)23-10-6-14-29(23)24(30)11-5-9-18-7-3-2-4-8-18/h2-4,7-8,12-13,15-16,23H,5-6,9-11,14H2,1H3,(H2,26,27)(H,28,31)/t23-/m0/s1. The van der Waals surface area contributed by atoms with Crippen LogP contribution in [0.1, 0.15) is 36.9 Å². The molecule has 6 nitrogen and oxygen atoms in total. The summed E-state index contributed by atoms with van der Waals surface area (Å²) >= 11 is 0. The SMILES string of the molecule is Cc1cc(N)c2cc(NC(=O)[C@@H]3CCCN3C(=O)CCCc3ccccc3)ccc2n1. The zero-order chi connectivity index (χ0) is 21.8. The van der Waals surface area contributed by atoms with Crippen molar-refractivity contribution in [1.29, 1.82) is 0 Å². The minimum absolute atomic E-state index is 0.0519. The predicted molar refractivity (Wildman–Crippen MR) is 124 cm³/mol. The summed E-state index contributed by atoms with van der Waals surface area (Å²) in [6.45, 7) is 2.53. The lowest BCUT2D eigenvalue weighted by Gasteiger charge is -2.24. The first-order valence-electron chi connectivity index (χ1n) is 10.8. The van der Waals surface area contributed by atoms with E-state index in [0.29, 0.717) is 30.8 Å². The van der Waals surface area contributed by atoms with Crippen molar-refractivity contribution in [3.63, 3.8) is 0 Å². The summed E-state index contributed by atoms with van der Waals surface area (Å²) in [5.74, 6) is -0.0945. The first-order chi connectivity index (χ1) is 15.0. The molecule has 0 spiro atoms. The molecule has 6 heteroatoms. The summed E-state index contributed by atoms with van der Waals surface area (Å²) in [5, 5.41) is 3.78. The Balaban J connectivity index is 1.38. The van der Waals surface area contributed by atoms with E-state index in [9.17, 15) is 9.59 Å². The van der Waals surface area contributed by atoms with Crippen LogP contribution in [0.5, 0.6) is 0 Å². The monoisotopic (exact) mass is 416 g/mol. The number of nitrogens with one attached hydrogen (secondary N) is 1. The van der Waals surface area contributed by atoms with Gasteiger partial charge in [-0.25, -0.2) is 0 Å². The lowest BCUT2D eigenvalue weighted by molar-refractivity contribution is -0.136. The van der Waals surface area contributed by atoms with Crippen LogP contribution in [0.25, 0.3) is 10.9 Å². The predicted octanol–water partition coefficient (Wildman–Crippen LogP) is 4.08. The Morgan fingerprint density at radius 1 is 1.16 bits per heavy atom. The lowest BCUT2D eigenvalue weighted by Crippen LogP contribution is -2.43. The molecular formula is C25H28N4O2. The number of amides is 2. The molecule has 3 N–H and O–H groups in total. The average Bonchev–Trinajstić information content (AvgIpc) is 3.25. The Kier molecular flexibility index (Phi) is 6.16. The molecule has 2 heterocycles. The molecule has 4 rings (SSSR count). The van der Waals surface area contributed by atoms with Crippen molar-refractivity contribution >= 4 is 34.1 Å². The summed E-state index contributed by atoms with van der Waals surface area (Å²) in [7, 11) is 0. The van der Waals surface area contributed by atoms with Crippen molar-refractivity contribution in [3.05, 3.63) is 65.9 Å². The summed E-state index contributed by atoms with van der Waals surface area (Å²) in [5.41, 5.74) is 10.3. The highest BCUT2D eigenvalue weighted by molar-refractivity contribution is 6.00. The number of fused-ring (bicyclic) bond motifs is 1. The number of benzene rings is 2. The summed E-state index contributed by atoms with van der Waals surface area (Å²) in [6.07, 6.45) is 3.63. The molecule has 31 heavy (non-hydrogen) atoms. The van der Waals surface area contributed by atoms with E-state index in [1.807, 2.05) is 49.4 Å². The van der Waals surface area contributed by atoms with Crippen molar-refractivity contribution in [2.75, 3.05) is 17.6 Å². The fraction of sp³-hybridized carbons (Fsp3) is 0.320. The van der Waals surface area contributed by atoms with Crippen molar-refractivity contribution in [1.82, 2.24) is 9.88 Å². The molecule has 160 valence electrons. The maximum absolute atomic E-state index is 12.9. The molecule has 0 aliphatic carbocycles. The van der Waals surface area contributed by atoms with Gasteiger partial charge in [-0.15, -0.1) is 0 Å². The van der Waals surface area contributed by atoms with Crippen LogP contribution in [0.2, 0.25) is 0 Å². The third kappa shape index (κ3) is 4.85. The molecule has 2 aromatic carbocycles. The second-order valence-corrected chi connectivity index (χ2v) is 8.16. The third-order valence-electron chi connectivity index (χ3n) is 5.81. The number of likely N-dealkylation sites (tertiary alicyclic amines) is 1. The van der Waals surface area contributed by atoms with Crippen molar-refractivity contribution < 1.29 is 9.59 Å². The fourth-order valence-electron chi connectivity index (χ4n) is 4.26. The zero-order valence-corrected chi connectivity index (χ0v) is 17.8. The van der Waals surface area contributed by atoms with Crippen molar-refractivity contribution in [2.24, 2.45) is 0 Å². The largest absolute Gasteiger partial charge is 0.398 e. The van der Waals surface area contributed by atoms with Crippen LogP contribution in [0.15, 0.2) is 54.6 Å². The molecule has 2 amide bonds. The normalized spacial score (nSPS) is 15.9. The van der Waals surface area contributed by atoms with Crippen LogP contribution in [-0.4, -0.2) is 34.3 Å². The Morgan fingerprint density at radius 3 is 2.77 bits per heavy atom. The van der Waals surface area contributed by atoms with Gasteiger partial charge in [-0.3, -0.25) is 14.6 Å². The van der Waals surface area contributed by atoms with Gasteiger partial charge in [0.15, 0.2) is 0 Å². The average molecular weight is 417 g/mol. The molecule has 1 aliphatic rings. The molecule has 1 aliphatic heterocycles. The lowest BCUT2D eigenvalue weighted by atomic mass is 10.1. The molecule has 3 aromatic rings. The highest BCUT2D eigenvalue weighted by Gasteiger charge is 2.33. The number of aryl methyl sites for hydroxylation is 2. The van der Waals surface area contributed by atoms with E-state index in [4.69, 9.17) is 5.73 Å². The maximum Gasteiger partial charge on any atom is 0.247 e. The number of anilines is 2. The Labute approximate surface area is 182 Å². The van der Waals surface area contributed by atoms with Crippen LogP contribution >= 0.6 is 0 Å². The van der Waals surface area contributed by atoms with E-state index in [-0.39, 0.29) is 11.8 Å². The molecule has 0 radical (unpaired) electrons. The van der Waals surface area contributed by atoms with Gasteiger partial charge in [0.2, 0.25) is 11.8 Å². The van der Waals surface area contributed by atoms with Gasteiger partial charge in [0.05, 0.1) is 5.52 Å². The second kappa shape index (κ2) is 9.16. The Bertz CT molecular complexity index is 1100. The number of nitrogens with two attached hydrogens (primary N) is 1. The number of hydrogen-bond donors (Lipinski definition) is 2. The molecular weight excluding hydrogens is 388 g/mol. The van der Waals surface area contributed by atoms with Gasteiger partial charge in [0, 0.05) is 35.4 Å². The topological polar surface area (TPSA) is 88.3 Å². The molecule has 1 saturated heterocycles.